The van der Waals surface area contributed by atoms with E-state index in [-0.39, 0.29) is 23.7 Å². The largest absolute Gasteiger partial charge is 0.468 e. The van der Waals surface area contributed by atoms with Crippen LogP contribution in [-0.2, 0) is 25.6 Å². The third-order valence-corrected chi connectivity index (χ3v) is 7.33. The zero-order valence-corrected chi connectivity index (χ0v) is 13.1. The van der Waals surface area contributed by atoms with Crippen molar-refractivity contribution in [3.05, 3.63) is 48.7 Å². The molecular weight excluding hydrogens is 328 g/mol. The van der Waals surface area contributed by atoms with Gasteiger partial charge in [-0.15, -0.1) is 0 Å². The lowest BCUT2D eigenvalue weighted by molar-refractivity contribution is 0.309. The lowest BCUT2D eigenvalue weighted by Crippen LogP contribution is -2.56. The van der Waals surface area contributed by atoms with E-state index in [4.69, 9.17) is 4.42 Å². The minimum Gasteiger partial charge on any atom is -0.468 e. The van der Waals surface area contributed by atoms with Crippen molar-refractivity contribution in [2.45, 2.75) is 15.9 Å². The third-order valence-electron chi connectivity index (χ3n) is 3.52. The third kappa shape index (κ3) is 2.79. The second kappa shape index (κ2) is 5.49. The van der Waals surface area contributed by atoms with Gasteiger partial charge in [0, 0.05) is 25.5 Å². The van der Waals surface area contributed by atoms with Crippen molar-refractivity contribution in [3.8, 4) is 0 Å². The highest BCUT2D eigenvalue weighted by molar-refractivity contribution is 7.92. The Morgan fingerprint density at radius 3 is 2.55 bits per heavy atom. The molecule has 2 aromatic rings. The van der Waals surface area contributed by atoms with Crippen LogP contribution in [0, 0.1) is 0 Å². The van der Waals surface area contributed by atoms with Gasteiger partial charge < -0.3 is 4.42 Å². The Hall–Kier alpha value is -1.71. The number of sulfonamides is 1. The molecule has 1 aliphatic rings. The van der Waals surface area contributed by atoms with E-state index in [9.17, 15) is 16.8 Å². The summed E-state index contributed by atoms with van der Waals surface area (Å²) in [6.07, 6.45) is 4.14. The molecule has 0 saturated carbocycles. The molecule has 3 heterocycles. The summed E-state index contributed by atoms with van der Waals surface area (Å²) in [4.78, 5) is 3.84. The molecule has 7 nitrogen and oxygen atoms in total. The minimum absolute atomic E-state index is 0.0414. The van der Waals surface area contributed by atoms with Gasteiger partial charge >= 0.3 is 0 Å². The summed E-state index contributed by atoms with van der Waals surface area (Å²) >= 11 is 0. The average Bonchev–Trinajstić information content (AvgIpc) is 2.89. The zero-order chi connectivity index (χ0) is 15.8. The van der Waals surface area contributed by atoms with Crippen molar-refractivity contribution < 1.29 is 21.3 Å². The number of aromatic nitrogens is 1. The van der Waals surface area contributed by atoms with Crippen molar-refractivity contribution in [1.29, 1.82) is 0 Å². The predicted molar refractivity (Wildman–Crippen MR) is 78.1 cm³/mol. The summed E-state index contributed by atoms with van der Waals surface area (Å²) in [5.74, 6) is 0.138. The van der Waals surface area contributed by atoms with Gasteiger partial charge in [0.15, 0.2) is 9.84 Å². The van der Waals surface area contributed by atoms with Gasteiger partial charge in [0.25, 0.3) is 0 Å². The fourth-order valence-corrected chi connectivity index (χ4v) is 5.48. The Bertz CT molecular complexity index is 839. The van der Waals surface area contributed by atoms with E-state index in [1.54, 1.807) is 12.1 Å². The van der Waals surface area contributed by atoms with E-state index in [1.165, 1.54) is 30.8 Å². The van der Waals surface area contributed by atoms with Gasteiger partial charge in [-0.05, 0) is 24.3 Å². The Labute approximate surface area is 128 Å². The molecule has 0 bridgehead atoms. The van der Waals surface area contributed by atoms with E-state index >= 15 is 0 Å². The molecule has 1 fully saturated rings. The number of hydrogen-bond acceptors (Lipinski definition) is 6. The van der Waals surface area contributed by atoms with Crippen molar-refractivity contribution in [2.24, 2.45) is 0 Å². The lowest BCUT2D eigenvalue weighted by atomic mass is 10.3. The standard InChI is InChI=1S/C13H14N2O5S2/c16-21(17,10-11-3-2-6-20-11)13-8-15(9-13)22(18,19)12-4-1-5-14-7-12/h1-7,13H,8-10H2. The van der Waals surface area contributed by atoms with Crippen LogP contribution >= 0.6 is 0 Å². The van der Waals surface area contributed by atoms with E-state index in [0.29, 0.717) is 5.76 Å². The van der Waals surface area contributed by atoms with Gasteiger partial charge in [0.2, 0.25) is 10.0 Å². The maximum atomic E-state index is 12.3. The first-order chi connectivity index (χ1) is 10.4. The highest BCUT2D eigenvalue weighted by atomic mass is 32.2. The first kappa shape index (κ1) is 15.2. The lowest BCUT2D eigenvalue weighted by Gasteiger charge is -2.37. The molecule has 1 aliphatic heterocycles. The smallest absolute Gasteiger partial charge is 0.244 e. The second-order valence-corrected chi connectivity index (χ2v) is 9.24. The summed E-state index contributed by atoms with van der Waals surface area (Å²) in [7, 11) is -7.11. The normalized spacial score (nSPS) is 17.3. The minimum atomic E-state index is -3.67. The quantitative estimate of drug-likeness (QED) is 0.792. The molecule has 0 radical (unpaired) electrons. The molecule has 0 aliphatic carbocycles. The van der Waals surface area contributed by atoms with Crippen molar-refractivity contribution in [1.82, 2.24) is 9.29 Å². The van der Waals surface area contributed by atoms with Crippen molar-refractivity contribution in [3.63, 3.8) is 0 Å². The molecule has 0 atom stereocenters. The van der Waals surface area contributed by atoms with Crippen LogP contribution in [0.3, 0.4) is 0 Å². The van der Waals surface area contributed by atoms with Crippen LogP contribution in [0.25, 0.3) is 0 Å². The van der Waals surface area contributed by atoms with Crippen molar-refractivity contribution >= 4 is 19.9 Å². The van der Waals surface area contributed by atoms with E-state index in [2.05, 4.69) is 4.98 Å². The number of rotatable bonds is 5. The monoisotopic (exact) mass is 342 g/mol. The molecule has 22 heavy (non-hydrogen) atoms. The predicted octanol–water partition coefficient (Wildman–Crippen LogP) is 0.663. The van der Waals surface area contributed by atoms with Gasteiger partial charge in [0.05, 0.1) is 11.5 Å². The van der Waals surface area contributed by atoms with Crippen LogP contribution in [0.5, 0.6) is 0 Å². The van der Waals surface area contributed by atoms with Gasteiger partial charge in [-0.25, -0.2) is 16.8 Å². The van der Waals surface area contributed by atoms with Crippen molar-refractivity contribution in [2.75, 3.05) is 13.1 Å². The fraction of sp³-hybridized carbons (Fsp3) is 0.308. The highest BCUT2D eigenvalue weighted by Crippen LogP contribution is 2.26. The van der Waals surface area contributed by atoms with E-state index in [1.807, 2.05) is 0 Å². The van der Waals surface area contributed by atoms with Crippen LogP contribution in [-0.4, -0.2) is 44.5 Å². The molecule has 1 saturated heterocycles. The molecule has 0 N–H and O–H groups in total. The highest BCUT2D eigenvalue weighted by Gasteiger charge is 2.43. The average molecular weight is 342 g/mol. The van der Waals surface area contributed by atoms with Crippen LogP contribution < -0.4 is 0 Å². The number of furan rings is 1. The number of hydrogen-bond donors (Lipinski definition) is 0. The molecule has 0 aromatic carbocycles. The summed E-state index contributed by atoms with van der Waals surface area (Å²) in [5, 5.41) is -0.705. The van der Waals surface area contributed by atoms with Gasteiger partial charge in [0.1, 0.15) is 16.4 Å². The van der Waals surface area contributed by atoms with Crippen LogP contribution in [0.15, 0.2) is 52.2 Å². The molecular formula is C13H14N2O5S2. The summed E-state index contributed by atoms with van der Waals surface area (Å²) in [5.41, 5.74) is 0. The Kier molecular flexibility index (Phi) is 3.79. The van der Waals surface area contributed by atoms with Gasteiger partial charge in [-0.1, -0.05) is 0 Å². The molecule has 3 rings (SSSR count). The van der Waals surface area contributed by atoms with E-state index in [0.717, 1.165) is 4.31 Å². The molecule has 118 valence electrons. The first-order valence-electron chi connectivity index (χ1n) is 6.54. The molecule has 0 amide bonds. The van der Waals surface area contributed by atoms with Gasteiger partial charge in [-0.3, -0.25) is 4.98 Å². The maximum absolute atomic E-state index is 12.3. The Balaban J connectivity index is 1.69. The zero-order valence-electron chi connectivity index (χ0n) is 11.5. The molecule has 0 unspecified atom stereocenters. The number of sulfone groups is 1. The maximum Gasteiger partial charge on any atom is 0.244 e. The van der Waals surface area contributed by atoms with Crippen LogP contribution in [0.1, 0.15) is 5.76 Å². The van der Waals surface area contributed by atoms with Gasteiger partial charge in [-0.2, -0.15) is 4.31 Å². The second-order valence-electron chi connectivity index (χ2n) is 5.02. The van der Waals surface area contributed by atoms with Crippen LogP contribution in [0.2, 0.25) is 0 Å². The Morgan fingerprint density at radius 1 is 1.18 bits per heavy atom. The fourth-order valence-electron chi connectivity index (χ4n) is 2.18. The topological polar surface area (TPSA) is 97.5 Å². The Morgan fingerprint density at radius 2 is 1.95 bits per heavy atom. The van der Waals surface area contributed by atoms with E-state index < -0.39 is 25.1 Å². The molecule has 0 spiro atoms. The number of pyridine rings is 1. The first-order valence-corrected chi connectivity index (χ1v) is 9.69. The molecule has 9 heteroatoms. The van der Waals surface area contributed by atoms with Crippen LogP contribution in [0.4, 0.5) is 0 Å². The summed E-state index contributed by atoms with van der Waals surface area (Å²) < 4.78 is 55.1. The summed E-state index contributed by atoms with van der Waals surface area (Å²) in [6.45, 7) is -0.0828. The number of nitrogens with zero attached hydrogens (tertiary/aromatic N) is 2. The molecule has 2 aromatic heterocycles. The SMILES string of the molecule is O=S(=O)(Cc1ccco1)C1CN(S(=O)(=O)c2cccnc2)C1. The summed E-state index contributed by atoms with van der Waals surface area (Å²) in [6, 6.07) is 6.16.